The zero-order valence-corrected chi connectivity index (χ0v) is 7.46. The predicted molar refractivity (Wildman–Crippen MR) is 48.5 cm³/mol. The van der Waals surface area contributed by atoms with Crippen molar-refractivity contribution in [2.24, 2.45) is 4.99 Å². The van der Waals surface area contributed by atoms with Crippen LogP contribution in [0.2, 0.25) is 0 Å². The highest BCUT2D eigenvalue weighted by atomic mass is 16.5. The van der Waals surface area contributed by atoms with Crippen LogP contribution in [-0.2, 0) is 4.74 Å². The van der Waals surface area contributed by atoms with E-state index in [1.807, 2.05) is 0 Å². The maximum atomic E-state index is 5.29. The van der Waals surface area contributed by atoms with Gasteiger partial charge in [-0.1, -0.05) is 0 Å². The van der Waals surface area contributed by atoms with Crippen molar-refractivity contribution in [3.63, 3.8) is 0 Å². The first-order valence-electron chi connectivity index (χ1n) is 4.83. The van der Waals surface area contributed by atoms with Gasteiger partial charge in [-0.25, -0.2) is 0 Å². The summed E-state index contributed by atoms with van der Waals surface area (Å²) in [5, 5.41) is 0. The first-order chi connectivity index (χ1) is 5.97. The molecule has 3 nitrogen and oxygen atoms in total. The molecule has 0 saturated carbocycles. The van der Waals surface area contributed by atoms with Gasteiger partial charge in [0.15, 0.2) is 0 Å². The van der Waals surface area contributed by atoms with Crippen molar-refractivity contribution in [2.75, 3.05) is 32.8 Å². The fourth-order valence-electron chi connectivity index (χ4n) is 1.76. The first kappa shape index (κ1) is 8.05. The second-order valence-corrected chi connectivity index (χ2v) is 3.35. The number of ether oxygens (including phenoxy) is 1. The van der Waals surface area contributed by atoms with Crippen molar-refractivity contribution in [3.8, 4) is 0 Å². The van der Waals surface area contributed by atoms with Gasteiger partial charge in [-0.05, 0) is 12.8 Å². The lowest BCUT2D eigenvalue weighted by Crippen LogP contribution is -2.41. The molecule has 3 heteroatoms. The van der Waals surface area contributed by atoms with Crippen LogP contribution in [0.15, 0.2) is 4.99 Å². The van der Waals surface area contributed by atoms with E-state index in [4.69, 9.17) is 4.74 Å². The Morgan fingerprint density at radius 1 is 1.17 bits per heavy atom. The summed E-state index contributed by atoms with van der Waals surface area (Å²) >= 11 is 0. The second-order valence-electron chi connectivity index (χ2n) is 3.35. The Kier molecular flexibility index (Phi) is 2.61. The SMILES string of the molecule is C1CCC(N2CCOCC2)=NC1. The standard InChI is InChI=1S/C9H16N2O/c1-2-4-10-9(3-1)11-5-7-12-8-6-11/h1-8H2. The van der Waals surface area contributed by atoms with Gasteiger partial charge in [0, 0.05) is 26.1 Å². The molecule has 0 aromatic rings. The van der Waals surface area contributed by atoms with E-state index >= 15 is 0 Å². The van der Waals surface area contributed by atoms with Crippen molar-refractivity contribution >= 4 is 5.84 Å². The molecule has 1 saturated heterocycles. The average Bonchev–Trinajstić information content (AvgIpc) is 2.21. The van der Waals surface area contributed by atoms with E-state index in [1.54, 1.807) is 0 Å². The largest absolute Gasteiger partial charge is 0.378 e. The molecular weight excluding hydrogens is 152 g/mol. The number of hydrogen-bond donors (Lipinski definition) is 0. The lowest BCUT2D eigenvalue weighted by Gasteiger charge is -2.31. The molecular formula is C9H16N2O. The summed E-state index contributed by atoms with van der Waals surface area (Å²) in [7, 11) is 0. The number of rotatable bonds is 0. The van der Waals surface area contributed by atoms with Crippen LogP contribution in [0.5, 0.6) is 0 Å². The molecule has 0 N–H and O–H groups in total. The average molecular weight is 168 g/mol. The van der Waals surface area contributed by atoms with Gasteiger partial charge in [-0.2, -0.15) is 0 Å². The molecule has 2 aliphatic heterocycles. The zero-order chi connectivity index (χ0) is 8.23. The summed E-state index contributed by atoms with van der Waals surface area (Å²) in [6, 6.07) is 0. The van der Waals surface area contributed by atoms with Crippen molar-refractivity contribution in [3.05, 3.63) is 0 Å². The highest BCUT2D eigenvalue weighted by Crippen LogP contribution is 2.10. The Morgan fingerprint density at radius 3 is 2.67 bits per heavy atom. The van der Waals surface area contributed by atoms with Crippen LogP contribution in [0.3, 0.4) is 0 Å². The van der Waals surface area contributed by atoms with Gasteiger partial charge in [0.05, 0.1) is 19.0 Å². The van der Waals surface area contributed by atoms with Gasteiger partial charge in [0.2, 0.25) is 0 Å². The molecule has 0 aliphatic carbocycles. The van der Waals surface area contributed by atoms with E-state index in [9.17, 15) is 0 Å². The van der Waals surface area contributed by atoms with Crippen LogP contribution in [0.25, 0.3) is 0 Å². The number of hydrogen-bond acceptors (Lipinski definition) is 3. The third-order valence-corrected chi connectivity index (χ3v) is 2.48. The van der Waals surface area contributed by atoms with Gasteiger partial charge < -0.3 is 9.64 Å². The van der Waals surface area contributed by atoms with E-state index in [0.29, 0.717) is 0 Å². The Bertz CT molecular complexity index is 173. The minimum atomic E-state index is 0.874. The molecule has 2 aliphatic rings. The van der Waals surface area contributed by atoms with Crippen LogP contribution in [0.1, 0.15) is 19.3 Å². The van der Waals surface area contributed by atoms with E-state index in [1.165, 1.54) is 25.1 Å². The molecule has 0 aromatic carbocycles. The Balaban J connectivity index is 1.92. The van der Waals surface area contributed by atoms with Gasteiger partial charge in [0.25, 0.3) is 0 Å². The van der Waals surface area contributed by atoms with Crippen molar-refractivity contribution in [2.45, 2.75) is 19.3 Å². The number of morpholine rings is 1. The second kappa shape index (κ2) is 3.90. The molecule has 1 fully saturated rings. The molecule has 12 heavy (non-hydrogen) atoms. The van der Waals surface area contributed by atoms with Gasteiger partial charge in [-0.3, -0.25) is 4.99 Å². The van der Waals surface area contributed by atoms with Gasteiger partial charge >= 0.3 is 0 Å². The topological polar surface area (TPSA) is 24.8 Å². The molecule has 68 valence electrons. The van der Waals surface area contributed by atoms with Crippen LogP contribution in [-0.4, -0.2) is 43.6 Å². The normalized spacial score (nSPS) is 25.3. The lowest BCUT2D eigenvalue weighted by molar-refractivity contribution is 0.0668. The molecule has 0 bridgehead atoms. The van der Waals surface area contributed by atoms with Crippen molar-refractivity contribution < 1.29 is 4.74 Å². The monoisotopic (exact) mass is 168 g/mol. The summed E-state index contributed by atoms with van der Waals surface area (Å²) in [5.41, 5.74) is 0. The molecule has 0 radical (unpaired) electrons. The van der Waals surface area contributed by atoms with Gasteiger partial charge in [-0.15, -0.1) is 0 Å². The third kappa shape index (κ3) is 1.78. The van der Waals surface area contributed by atoms with Crippen LogP contribution in [0.4, 0.5) is 0 Å². The quantitative estimate of drug-likeness (QED) is 0.537. The molecule has 2 rings (SSSR count). The highest BCUT2D eigenvalue weighted by molar-refractivity contribution is 5.82. The zero-order valence-electron chi connectivity index (χ0n) is 7.46. The minimum Gasteiger partial charge on any atom is -0.378 e. The summed E-state index contributed by atoms with van der Waals surface area (Å²) < 4.78 is 5.29. The molecule has 0 amide bonds. The summed E-state index contributed by atoms with van der Waals surface area (Å²) in [6.07, 6.45) is 3.77. The number of nitrogens with zero attached hydrogens (tertiary/aromatic N) is 2. The number of aliphatic imine (C=N–C) groups is 1. The number of amidine groups is 1. The van der Waals surface area contributed by atoms with E-state index in [0.717, 1.165) is 32.8 Å². The first-order valence-corrected chi connectivity index (χ1v) is 4.83. The van der Waals surface area contributed by atoms with Crippen molar-refractivity contribution in [1.29, 1.82) is 0 Å². The summed E-state index contributed by atoms with van der Waals surface area (Å²) in [5.74, 6) is 1.32. The molecule has 0 spiro atoms. The molecule has 0 atom stereocenters. The maximum Gasteiger partial charge on any atom is 0.0990 e. The van der Waals surface area contributed by atoms with Gasteiger partial charge in [0.1, 0.15) is 0 Å². The Labute approximate surface area is 73.4 Å². The highest BCUT2D eigenvalue weighted by Gasteiger charge is 2.15. The van der Waals surface area contributed by atoms with E-state index in [2.05, 4.69) is 9.89 Å². The van der Waals surface area contributed by atoms with Crippen molar-refractivity contribution in [1.82, 2.24) is 4.90 Å². The van der Waals surface area contributed by atoms with E-state index in [-0.39, 0.29) is 0 Å². The van der Waals surface area contributed by atoms with Crippen LogP contribution >= 0.6 is 0 Å². The smallest absolute Gasteiger partial charge is 0.0990 e. The summed E-state index contributed by atoms with van der Waals surface area (Å²) in [6.45, 7) is 4.86. The van der Waals surface area contributed by atoms with Crippen LogP contribution < -0.4 is 0 Å². The fourth-order valence-corrected chi connectivity index (χ4v) is 1.76. The molecule has 0 unspecified atom stereocenters. The van der Waals surface area contributed by atoms with Crippen LogP contribution in [0, 0.1) is 0 Å². The van der Waals surface area contributed by atoms with E-state index < -0.39 is 0 Å². The maximum absolute atomic E-state index is 5.29. The predicted octanol–water partition coefficient (Wildman–Crippen LogP) is 0.901. The molecule has 0 aromatic heterocycles. The minimum absolute atomic E-state index is 0.874. The molecule has 2 heterocycles. The summed E-state index contributed by atoms with van der Waals surface area (Å²) in [4.78, 5) is 6.92. The lowest BCUT2D eigenvalue weighted by atomic mass is 10.1. The Hall–Kier alpha value is -0.570. The third-order valence-electron chi connectivity index (χ3n) is 2.48. The fraction of sp³-hybridized carbons (Fsp3) is 0.889. The Morgan fingerprint density at radius 2 is 2.00 bits per heavy atom.